The third kappa shape index (κ3) is 2.05. The molecule has 1 saturated heterocycles. The van der Waals surface area contributed by atoms with Gasteiger partial charge in [-0.3, -0.25) is 4.84 Å². The summed E-state index contributed by atoms with van der Waals surface area (Å²) in [5.41, 5.74) is 0. The van der Waals surface area contributed by atoms with E-state index in [1.54, 1.807) is 14.0 Å². The zero-order valence-electron chi connectivity index (χ0n) is 8.49. The fourth-order valence-corrected chi connectivity index (χ4v) is 1.43. The van der Waals surface area contributed by atoms with Gasteiger partial charge in [0.25, 0.3) is 0 Å². The minimum Gasteiger partial charge on any atom is -0.388 e. The van der Waals surface area contributed by atoms with Gasteiger partial charge in [-0.1, -0.05) is 0 Å². The van der Waals surface area contributed by atoms with Crippen LogP contribution in [0.5, 0.6) is 0 Å². The predicted molar refractivity (Wildman–Crippen MR) is 47.1 cm³/mol. The van der Waals surface area contributed by atoms with Crippen molar-refractivity contribution in [2.24, 2.45) is 0 Å². The van der Waals surface area contributed by atoms with Gasteiger partial charge in [-0.2, -0.15) is 5.06 Å². The molecule has 6 nitrogen and oxygen atoms in total. The van der Waals surface area contributed by atoms with Crippen molar-refractivity contribution >= 4 is 0 Å². The number of hydrogen-bond acceptors (Lipinski definition) is 6. The van der Waals surface area contributed by atoms with Crippen LogP contribution in [-0.2, 0) is 9.57 Å². The third-order valence-corrected chi connectivity index (χ3v) is 2.47. The van der Waals surface area contributed by atoms with E-state index in [0.29, 0.717) is 0 Å². The lowest BCUT2D eigenvalue weighted by atomic mass is 9.99. The molecule has 1 fully saturated rings. The molecule has 0 radical (unpaired) electrons. The second kappa shape index (κ2) is 4.52. The van der Waals surface area contributed by atoms with Crippen molar-refractivity contribution in [3.05, 3.63) is 0 Å². The van der Waals surface area contributed by atoms with Crippen molar-refractivity contribution in [2.45, 2.75) is 37.6 Å². The van der Waals surface area contributed by atoms with Crippen LogP contribution in [0.15, 0.2) is 0 Å². The fourth-order valence-electron chi connectivity index (χ4n) is 1.43. The average Bonchev–Trinajstić information content (AvgIpc) is 2.19. The minimum atomic E-state index is -1.22. The SMILES string of the molecule is CON(C)[C@@H]1OC(C)[C@@H](O)[C@H](O)C1O. The molecule has 1 rings (SSSR count). The van der Waals surface area contributed by atoms with Crippen LogP contribution in [0.25, 0.3) is 0 Å². The van der Waals surface area contributed by atoms with Crippen molar-refractivity contribution < 1.29 is 24.9 Å². The summed E-state index contributed by atoms with van der Waals surface area (Å²) in [6.45, 7) is 1.62. The molecule has 0 amide bonds. The van der Waals surface area contributed by atoms with Crippen LogP contribution in [0.3, 0.4) is 0 Å². The molecule has 1 heterocycles. The summed E-state index contributed by atoms with van der Waals surface area (Å²) in [5, 5.41) is 29.7. The molecule has 0 aromatic heterocycles. The first kappa shape index (κ1) is 11.8. The van der Waals surface area contributed by atoms with E-state index in [1.165, 1.54) is 12.2 Å². The molecule has 3 N–H and O–H groups in total. The summed E-state index contributed by atoms with van der Waals surface area (Å²) in [4.78, 5) is 4.85. The molecule has 2 unspecified atom stereocenters. The Hall–Kier alpha value is -0.240. The second-order valence-electron chi connectivity index (χ2n) is 3.43. The number of aliphatic hydroxyl groups is 3. The highest BCUT2D eigenvalue weighted by Gasteiger charge is 2.43. The average molecular weight is 207 g/mol. The Balaban J connectivity index is 2.70. The lowest BCUT2D eigenvalue weighted by Gasteiger charge is -2.41. The Morgan fingerprint density at radius 1 is 1.14 bits per heavy atom. The van der Waals surface area contributed by atoms with E-state index in [0.717, 1.165) is 0 Å². The van der Waals surface area contributed by atoms with Crippen LogP contribution in [0.2, 0.25) is 0 Å². The molecule has 0 spiro atoms. The first-order valence-corrected chi connectivity index (χ1v) is 4.45. The van der Waals surface area contributed by atoms with Gasteiger partial charge >= 0.3 is 0 Å². The number of rotatable bonds is 2. The summed E-state index contributed by atoms with van der Waals surface area (Å²) >= 11 is 0. The summed E-state index contributed by atoms with van der Waals surface area (Å²) in [6, 6.07) is 0. The molecule has 84 valence electrons. The van der Waals surface area contributed by atoms with E-state index in [-0.39, 0.29) is 0 Å². The molecule has 0 aromatic carbocycles. The van der Waals surface area contributed by atoms with Crippen LogP contribution < -0.4 is 0 Å². The normalized spacial score (nSPS) is 44.4. The molecule has 0 aromatic rings. The topological polar surface area (TPSA) is 82.4 Å². The summed E-state index contributed by atoms with van der Waals surface area (Å²) in [7, 11) is 3.00. The van der Waals surface area contributed by atoms with Crippen LogP contribution in [0, 0.1) is 0 Å². The molecule has 1 aliphatic rings. The van der Waals surface area contributed by atoms with E-state index in [1.807, 2.05) is 0 Å². The van der Waals surface area contributed by atoms with Crippen LogP contribution >= 0.6 is 0 Å². The highest BCUT2D eigenvalue weighted by Crippen LogP contribution is 2.22. The summed E-state index contributed by atoms with van der Waals surface area (Å²) in [6.07, 6.45) is -4.80. The lowest BCUT2D eigenvalue weighted by molar-refractivity contribution is -0.314. The van der Waals surface area contributed by atoms with E-state index in [2.05, 4.69) is 0 Å². The first-order chi connectivity index (χ1) is 6.49. The van der Waals surface area contributed by atoms with Gasteiger partial charge in [0.1, 0.15) is 18.3 Å². The number of ether oxygens (including phenoxy) is 1. The van der Waals surface area contributed by atoms with Crippen molar-refractivity contribution in [2.75, 3.05) is 14.2 Å². The standard InChI is InChI=1S/C8H17NO5/c1-4-5(10)6(11)7(12)8(14-4)9(2)13-3/h4-8,10-12H,1-3H3/t4?,5-,6+,7?,8-/m1/s1. The summed E-state index contributed by atoms with van der Waals surface area (Å²) < 4.78 is 5.27. The molecule has 14 heavy (non-hydrogen) atoms. The predicted octanol–water partition coefficient (Wildman–Crippen LogP) is -1.69. The van der Waals surface area contributed by atoms with Gasteiger partial charge in [-0.05, 0) is 6.92 Å². The molecule has 0 saturated carbocycles. The van der Waals surface area contributed by atoms with Crippen molar-refractivity contribution in [3.8, 4) is 0 Å². The number of aliphatic hydroxyl groups excluding tert-OH is 3. The maximum Gasteiger partial charge on any atom is 0.161 e. The fraction of sp³-hybridized carbons (Fsp3) is 1.00. The van der Waals surface area contributed by atoms with Gasteiger partial charge in [-0.25, -0.2) is 0 Å². The van der Waals surface area contributed by atoms with Crippen molar-refractivity contribution in [1.82, 2.24) is 5.06 Å². The maximum atomic E-state index is 9.57. The monoisotopic (exact) mass is 207 g/mol. The van der Waals surface area contributed by atoms with Gasteiger partial charge in [0, 0.05) is 7.05 Å². The molecule has 5 atom stereocenters. The number of likely N-dealkylation sites (N-methyl/N-ethyl adjacent to an activating group) is 1. The molecular formula is C8H17NO5. The zero-order chi connectivity index (χ0) is 10.9. The number of hydrogen-bond donors (Lipinski definition) is 3. The first-order valence-electron chi connectivity index (χ1n) is 4.45. The third-order valence-electron chi connectivity index (χ3n) is 2.47. The van der Waals surface area contributed by atoms with Crippen molar-refractivity contribution in [1.29, 1.82) is 0 Å². The van der Waals surface area contributed by atoms with E-state index < -0.39 is 30.6 Å². The largest absolute Gasteiger partial charge is 0.388 e. The van der Waals surface area contributed by atoms with Crippen LogP contribution in [-0.4, -0.2) is 65.2 Å². The highest BCUT2D eigenvalue weighted by atomic mass is 16.7. The van der Waals surface area contributed by atoms with E-state index in [4.69, 9.17) is 9.57 Å². The van der Waals surface area contributed by atoms with Crippen LogP contribution in [0.4, 0.5) is 0 Å². The van der Waals surface area contributed by atoms with Gasteiger partial charge < -0.3 is 20.1 Å². The Morgan fingerprint density at radius 3 is 2.21 bits per heavy atom. The van der Waals surface area contributed by atoms with Gasteiger partial charge in [0.15, 0.2) is 6.23 Å². The Labute approximate surface area is 82.6 Å². The molecule has 0 aliphatic carbocycles. The van der Waals surface area contributed by atoms with Gasteiger partial charge in [0.05, 0.1) is 13.2 Å². The molecule has 6 heteroatoms. The Morgan fingerprint density at radius 2 is 1.71 bits per heavy atom. The van der Waals surface area contributed by atoms with Gasteiger partial charge in [0.2, 0.25) is 0 Å². The highest BCUT2D eigenvalue weighted by molar-refractivity contribution is 4.88. The quantitative estimate of drug-likeness (QED) is 0.469. The number of nitrogens with zero attached hydrogens (tertiary/aromatic N) is 1. The Kier molecular flexibility index (Phi) is 3.82. The van der Waals surface area contributed by atoms with Crippen molar-refractivity contribution in [3.63, 3.8) is 0 Å². The number of hydroxylamine groups is 2. The summed E-state index contributed by atoms with van der Waals surface area (Å²) in [5.74, 6) is 0. The lowest BCUT2D eigenvalue weighted by Crippen LogP contribution is -2.60. The zero-order valence-corrected chi connectivity index (χ0v) is 8.49. The molecule has 1 aliphatic heterocycles. The minimum absolute atomic E-state index is 0.545. The molecule has 0 bridgehead atoms. The van der Waals surface area contributed by atoms with E-state index in [9.17, 15) is 15.3 Å². The maximum absolute atomic E-state index is 9.57. The van der Waals surface area contributed by atoms with Crippen LogP contribution in [0.1, 0.15) is 6.92 Å². The van der Waals surface area contributed by atoms with Gasteiger partial charge in [-0.15, -0.1) is 0 Å². The molecular weight excluding hydrogens is 190 g/mol. The smallest absolute Gasteiger partial charge is 0.161 e. The van der Waals surface area contributed by atoms with E-state index >= 15 is 0 Å². The Bertz CT molecular complexity index is 191. The second-order valence-corrected chi connectivity index (χ2v) is 3.43.